The van der Waals surface area contributed by atoms with Gasteiger partial charge in [0.25, 0.3) is 0 Å². The summed E-state index contributed by atoms with van der Waals surface area (Å²) in [6, 6.07) is 0. The molecule has 0 bridgehead atoms. The van der Waals surface area contributed by atoms with Gasteiger partial charge in [0, 0.05) is 27.7 Å². The largest absolute Gasteiger partial charge is 0.456 e. The number of esters is 4. The minimum atomic E-state index is -1.29. The maximum absolute atomic E-state index is 11.4. The Morgan fingerprint density at radius 2 is 1.04 bits per heavy atom. The third-order valence-electron chi connectivity index (χ3n) is 2.92. The van der Waals surface area contributed by atoms with Gasteiger partial charge in [-0.05, 0) is 6.92 Å². The van der Waals surface area contributed by atoms with Crippen molar-refractivity contribution in [2.45, 2.75) is 65.3 Å². The monoisotopic (exact) mass is 332 g/mol. The zero-order chi connectivity index (χ0) is 17.7. The van der Waals surface area contributed by atoms with Gasteiger partial charge < -0.3 is 23.7 Å². The first-order valence-electron chi connectivity index (χ1n) is 6.96. The summed E-state index contributed by atoms with van der Waals surface area (Å²) in [7, 11) is 0. The third-order valence-corrected chi connectivity index (χ3v) is 2.92. The highest BCUT2D eigenvalue weighted by molar-refractivity contribution is 5.69. The van der Waals surface area contributed by atoms with Gasteiger partial charge in [-0.15, -0.1) is 0 Å². The molecule has 0 amide bonds. The van der Waals surface area contributed by atoms with E-state index in [-0.39, 0.29) is 0 Å². The van der Waals surface area contributed by atoms with Crippen molar-refractivity contribution in [1.29, 1.82) is 0 Å². The van der Waals surface area contributed by atoms with Crippen LogP contribution in [0.15, 0.2) is 0 Å². The van der Waals surface area contributed by atoms with E-state index in [1.165, 1.54) is 6.92 Å². The van der Waals surface area contributed by atoms with E-state index in [1.54, 1.807) is 6.92 Å². The van der Waals surface area contributed by atoms with Crippen LogP contribution in [-0.4, -0.2) is 54.6 Å². The summed E-state index contributed by atoms with van der Waals surface area (Å²) in [6.07, 6.45) is -5.51. The van der Waals surface area contributed by atoms with Crippen LogP contribution >= 0.6 is 0 Å². The zero-order valence-electron chi connectivity index (χ0n) is 13.6. The highest BCUT2D eigenvalue weighted by Gasteiger charge is 2.51. The second kappa shape index (κ2) is 7.91. The molecule has 2 unspecified atom stereocenters. The Labute approximate surface area is 133 Å². The molecule has 130 valence electrons. The fourth-order valence-electron chi connectivity index (χ4n) is 2.23. The highest BCUT2D eigenvalue weighted by atomic mass is 16.7. The van der Waals surface area contributed by atoms with Crippen LogP contribution in [0.2, 0.25) is 0 Å². The van der Waals surface area contributed by atoms with Crippen molar-refractivity contribution < 1.29 is 42.9 Å². The lowest BCUT2D eigenvalue weighted by molar-refractivity contribution is -0.292. The molecule has 1 saturated heterocycles. The molecule has 0 aromatic heterocycles. The minimum absolute atomic E-state index is 0.630. The molecule has 1 fully saturated rings. The van der Waals surface area contributed by atoms with Gasteiger partial charge in [0.05, 0.1) is 6.10 Å². The van der Waals surface area contributed by atoms with E-state index in [4.69, 9.17) is 23.7 Å². The SMILES string of the molecule is CC(=O)OC1[C@@H](OC(C)=O)C(C)O[C@H](OC(C)=O)[C@H]1OC(C)=O. The lowest BCUT2D eigenvalue weighted by Crippen LogP contribution is -2.61. The molecule has 1 rings (SSSR count). The standard InChI is InChI=1S/C14H20O9/c1-6-11(20-7(2)15)12(21-8(3)16)13(22-9(4)17)14(19-6)23-10(5)18/h6,11-14H,1-5H3/t6?,11-,12?,13-,14+/m0/s1. The number of carbonyl (C=O) groups excluding carboxylic acids is 4. The van der Waals surface area contributed by atoms with Crippen LogP contribution in [0.3, 0.4) is 0 Å². The van der Waals surface area contributed by atoms with E-state index in [0.29, 0.717) is 0 Å². The third kappa shape index (κ3) is 5.51. The van der Waals surface area contributed by atoms with Crippen molar-refractivity contribution in [2.24, 2.45) is 0 Å². The van der Waals surface area contributed by atoms with E-state index in [0.717, 1.165) is 20.8 Å². The van der Waals surface area contributed by atoms with Crippen molar-refractivity contribution in [3.05, 3.63) is 0 Å². The van der Waals surface area contributed by atoms with Crippen LogP contribution in [0, 0.1) is 0 Å². The first kappa shape index (κ1) is 18.9. The molecule has 0 spiro atoms. The summed E-state index contributed by atoms with van der Waals surface area (Å²) in [4.78, 5) is 45.1. The molecule has 23 heavy (non-hydrogen) atoms. The molecule has 1 aliphatic rings. The van der Waals surface area contributed by atoms with Crippen molar-refractivity contribution in [3.63, 3.8) is 0 Å². The van der Waals surface area contributed by atoms with E-state index >= 15 is 0 Å². The summed E-state index contributed by atoms with van der Waals surface area (Å²) in [5.74, 6) is -2.69. The fraction of sp³-hybridized carbons (Fsp3) is 0.714. The quantitative estimate of drug-likeness (QED) is 0.521. The Balaban J connectivity index is 3.15. The van der Waals surface area contributed by atoms with Gasteiger partial charge in [0.2, 0.25) is 12.4 Å². The summed E-state index contributed by atoms with van der Waals surface area (Å²) < 4.78 is 25.7. The highest BCUT2D eigenvalue weighted by Crippen LogP contribution is 2.29. The van der Waals surface area contributed by atoms with Gasteiger partial charge >= 0.3 is 23.9 Å². The van der Waals surface area contributed by atoms with E-state index < -0.39 is 54.6 Å². The number of hydrogen-bond donors (Lipinski definition) is 0. The first-order valence-corrected chi connectivity index (χ1v) is 6.96. The van der Waals surface area contributed by atoms with Crippen molar-refractivity contribution >= 4 is 23.9 Å². The number of hydrogen-bond acceptors (Lipinski definition) is 9. The predicted octanol–water partition coefficient (Wildman–Crippen LogP) is 0.0894. The van der Waals surface area contributed by atoms with E-state index in [1.807, 2.05) is 0 Å². The van der Waals surface area contributed by atoms with Gasteiger partial charge in [0.1, 0.15) is 0 Å². The summed E-state index contributed by atoms with van der Waals surface area (Å²) in [5.41, 5.74) is 0. The lowest BCUT2D eigenvalue weighted by atomic mass is 9.99. The summed E-state index contributed by atoms with van der Waals surface area (Å²) in [5, 5.41) is 0. The molecule has 0 N–H and O–H groups in total. The molecule has 1 heterocycles. The normalized spacial score (nSPS) is 30.0. The van der Waals surface area contributed by atoms with Crippen LogP contribution in [0.4, 0.5) is 0 Å². The Kier molecular flexibility index (Phi) is 6.49. The Morgan fingerprint density at radius 3 is 1.48 bits per heavy atom. The molecule has 1 aliphatic heterocycles. The molecule has 0 radical (unpaired) electrons. The second-order valence-electron chi connectivity index (χ2n) is 5.04. The lowest BCUT2D eigenvalue weighted by Gasteiger charge is -2.42. The molecule has 0 saturated carbocycles. The molecule has 0 aromatic carbocycles. The van der Waals surface area contributed by atoms with Crippen LogP contribution in [0.5, 0.6) is 0 Å². The molecule has 9 heteroatoms. The minimum Gasteiger partial charge on any atom is -0.456 e. The number of rotatable bonds is 4. The molecule has 9 nitrogen and oxygen atoms in total. The van der Waals surface area contributed by atoms with E-state index in [9.17, 15) is 19.2 Å². The summed E-state index contributed by atoms with van der Waals surface area (Å²) in [6.45, 7) is 6.16. The first-order chi connectivity index (χ1) is 10.6. The summed E-state index contributed by atoms with van der Waals surface area (Å²) >= 11 is 0. The average molecular weight is 332 g/mol. The van der Waals surface area contributed by atoms with Crippen LogP contribution in [-0.2, 0) is 42.9 Å². The van der Waals surface area contributed by atoms with Crippen LogP contribution in [0.25, 0.3) is 0 Å². The van der Waals surface area contributed by atoms with Gasteiger partial charge in [-0.1, -0.05) is 0 Å². The van der Waals surface area contributed by atoms with Gasteiger partial charge in [-0.2, -0.15) is 0 Å². The maximum atomic E-state index is 11.4. The Bertz CT molecular complexity index is 487. The predicted molar refractivity (Wildman–Crippen MR) is 72.8 cm³/mol. The Hall–Kier alpha value is -2.16. The maximum Gasteiger partial charge on any atom is 0.305 e. The Morgan fingerprint density at radius 1 is 0.652 bits per heavy atom. The van der Waals surface area contributed by atoms with Gasteiger partial charge in [-0.25, -0.2) is 0 Å². The molecule has 0 aliphatic carbocycles. The molecule has 5 atom stereocenters. The van der Waals surface area contributed by atoms with Crippen molar-refractivity contribution in [1.82, 2.24) is 0 Å². The number of ether oxygens (including phenoxy) is 5. The van der Waals surface area contributed by atoms with E-state index in [2.05, 4.69) is 0 Å². The average Bonchev–Trinajstić information content (AvgIpc) is 2.36. The number of carbonyl (C=O) groups is 4. The van der Waals surface area contributed by atoms with Crippen LogP contribution in [0.1, 0.15) is 34.6 Å². The zero-order valence-corrected chi connectivity index (χ0v) is 13.6. The topological polar surface area (TPSA) is 114 Å². The second-order valence-corrected chi connectivity index (χ2v) is 5.04. The molecular formula is C14H20O9. The van der Waals surface area contributed by atoms with Gasteiger partial charge in [-0.3, -0.25) is 19.2 Å². The molecule has 0 aromatic rings. The molecular weight excluding hydrogens is 312 g/mol. The van der Waals surface area contributed by atoms with Crippen molar-refractivity contribution in [2.75, 3.05) is 0 Å². The smallest absolute Gasteiger partial charge is 0.305 e. The van der Waals surface area contributed by atoms with Crippen LogP contribution < -0.4 is 0 Å². The van der Waals surface area contributed by atoms with Gasteiger partial charge in [0.15, 0.2) is 12.2 Å². The van der Waals surface area contributed by atoms with Crippen molar-refractivity contribution in [3.8, 4) is 0 Å². The fourth-order valence-corrected chi connectivity index (χ4v) is 2.23.